The second-order valence-electron chi connectivity index (χ2n) is 6.40. The van der Waals surface area contributed by atoms with E-state index in [0.717, 1.165) is 19.5 Å². The van der Waals surface area contributed by atoms with Gasteiger partial charge in [-0.3, -0.25) is 10.1 Å². The molecule has 21 heavy (non-hydrogen) atoms. The number of nitro groups is 1. The Morgan fingerprint density at radius 1 is 1.43 bits per heavy atom. The lowest BCUT2D eigenvalue weighted by Crippen LogP contribution is -2.43. The predicted molar refractivity (Wildman–Crippen MR) is 82.6 cm³/mol. The molecule has 0 saturated carbocycles. The molecule has 0 amide bonds. The molecule has 2 unspecified atom stereocenters. The largest absolute Gasteiger partial charge is 0.361 e. The third kappa shape index (κ3) is 3.18. The summed E-state index contributed by atoms with van der Waals surface area (Å²) in [4.78, 5) is 13.4. The van der Waals surface area contributed by atoms with Crippen molar-refractivity contribution in [1.82, 2.24) is 14.7 Å². The summed E-state index contributed by atoms with van der Waals surface area (Å²) in [6.45, 7) is 8.04. The SMILES string of the molecule is CC(C)c1nn(C)c(NC2CCN(C)CC2C)c1[N+](=O)[O-]. The maximum Gasteiger partial charge on any atom is 0.334 e. The molecule has 0 radical (unpaired) electrons. The molecule has 1 saturated heterocycles. The third-order valence-corrected chi connectivity index (χ3v) is 4.21. The molecule has 7 nitrogen and oxygen atoms in total. The Morgan fingerprint density at radius 2 is 2.10 bits per heavy atom. The van der Waals surface area contributed by atoms with Gasteiger partial charge in [0, 0.05) is 25.6 Å². The first kappa shape index (κ1) is 15.8. The molecule has 118 valence electrons. The van der Waals surface area contributed by atoms with Crippen molar-refractivity contribution < 1.29 is 4.92 Å². The Labute approximate surface area is 125 Å². The van der Waals surface area contributed by atoms with E-state index in [1.54, 1.807) is 11.7 Å². The molecule has 1 aromatic rings. The normalized spacial score (nSPS) is 23.5. The standard InChI is InChI=1S/C14H25N5O2/c1-9(2)12-13(19(20)21)14(18(5)16-12)15-11-6-7-17(4)8-10(11)3/h9-11,15H,6-8H2,1-5H3. The summed E-state index contributed by atoms with van der Waals surface area (Å²) in [5.41, 5.74) is 0.671. The molecule has 1 aliphatic heterocycles. The van der Waals surface area contributed by atoms with Crippen molar-refractivity contribution in [2.75, 3.05) is 25.5 Å². The minimum Gasteiger partial charge on any atom is -0.361 e. The number of nitrogens with one attached hydrogen (secondary N) is 1. The van der Waals surface area contributed by atoms with E-state index in [0.29, 0.717) is 17.4 Å². The number of aromatic nitrogens is 2. The maximum atomic E-state index is 11.4. The van der Waals surface area contributed by atoms with Gasteiger partial charge >= 0.3 is 5.69 Å². The maximum absolute atomic E-state index is 11.4. The zero-order chi connectivity index (χ0) is 15.7. The van der Waals surface area contributed by atoms with Gasteiger partial charge in [-0.05, 0) is 25.9 Å². The second kappa shape index (κ2) is 6.01. The Hall–Kier alpha value is -1.63. The summed E-state index contributed by atoms with van der Waals surface area (Å²) in [5.74, 6) is 1.01. The van der Waals surface area contributed by atoms with E-state index in [2.05, 4.69) is 29.3 Å². The van der Waals surface area contributed by atoms with Gasteiger partial charge < -0.3 is 10.2 Å². The van der Waals surface area contributed by atoms with Gasteiger partial charge in [0.05, 0.1) is 4.92 Å². The van der Waals surface area contributed by atoms with E-state index < -0.39 is 0 Å². The second-order valence-corrected chi connectivity index (χ2v) is 6.40. The van der Waals surface area contributed by atoms with Crippen molar-refractivity contribution in [3.63, 3.8) is 0 Å². The first-order valence-corrected chi connectivity index (χ1v) is 7.47. The van der Waals surface area contributed by atoms with Crippen LogP contribution in [0.1, 0.15) is 38.8 Å². The molecular formula is C14H25N5O2. The van der Waals surface area contributed by atoms with Crippen LogP contribution >= 0.6 is 0 Å². The van der Waals surface area contributed by atoms with Crippen molar-refractivity contribution in [3.05, 3.63) is 15.8 Å². The van der Waals surface area contributed by atoms with Crippen LogP contribution in [0.3, 0.4) is 0 Å². The summed E-state index contributed by atoms with van der Waals surface area (Å²) in [7, 11) is 3.87. The summed E-state index contributed by atoms with van der Waals surface area (Å²) in [6.07, 6.45) is 0.983. The van der Waals surface area contributed by atoms with Crippen LogP contribution in [0.25, 0.3) is 0 Å². The zero-order valence-electron chi connectivity index (χ0n) is 13.5. The molecular weight excluding hydrogens is 270 g/mol. The number of anilines is 1. The molecule has 2 heterocycles. The van der Waals surface area contributed by atoms with Crippen LogP contribution in [0.15, 0.2) is 0 Å². The lowest BCUT2D eigenvalue weighted by Gasteiger charge is -2.35. The number of hydrogen-bond donors (Lipinski definition) is 1. The number of likely N-dealkylation sites (tertiary alicyclic amines) is 1. The zero-order valence-corrected chi connectivity index (χ0v) is 13.5. The molecule has 1 aromatic heterocycles. The van der Waals surface area contributed by atoms with E-state index in [-0.39, 0.29) is 22.6 Å². The molecule has 0 aromatic carbocycles. The fourth-order valence-corrected chi connectivity index (χ4v) is 3.01. The average molecular weight is 295 g/mol. The van der Waals surface area contributed by atoms with Crippen LogP contribution in [0.2, 0.25) is 0 Å². The fourth-order valence-electron chi connectivity index (χ4n) is 3.01. The highest BCUT2D eigenvalue weighted by molar-refractivity contribution is 5.61. The van der Waals surface area contributed by atoms with Gasteiger partial charge in [0.15, 0.2) is 0 Å². The average Bonchev–Trinajstić information content (AvgIpc) is 2.70. The topological polar surface area (TPSA) is 76.2 Å². The Morgan fingerprint density at radius 3 is 2.62 bits per heavy atom. The molecule has 0 bridgehead atoms. The molecule has 0 spiro atoms. The Bertz CT molecular complexity index is 526. The summed E-state index contributed by atoms with van der Waals surface area (Å²) >= 11 is 0. The Kier molecular flexibility index (Phi) is 4.51. The monoisotopic (exact) mass is 295 g/mol. The van der Waals surface area contributed by atoms with Gasteiger partial charge in [-0.25, -0.2) is 4.68 Å². The van der Waals surface area contributed by atoms with Gasteiger partial charge in [-0.1, -0.05) is 20.8 Å². The first-order valence-electron chi connectivity index (χ1n) is 7.47. The van der Waals surface area contributed by atoms with Crippen molar-refractivity contribution in [2.45, 2.75) is 39.2 Å². The molecule has 2 rings (SSSR count). The van der Waals surface area contributed by atoms with Crippen molar-refractivity contribution in [2.24, 2.45) is 13.0 Å². The predicted octanol–water partition coefficient (Wildman–Crippen LogP) is 2.20. The highest BCUT2D eigenvalue weighted by Gasteiger charge is 2.32. The smallest absolute Gasteiger partial charge is 0.334 e. The van der Waals surface area contributed by atoms with E-state index in [1.165, 1.54) is 0 Å². The Balaban J connectivity index is 2.29. The third-order valence-electron chi connectivity index (χ3n) is 4.21. The van der Waals surface area contributed by atoms with Gasteiger partial charge in [0.1, 0.15) is 5.69 Å². The van der Waals surface area contributed by atoms with Gasteiger partial charge in [-0.15, -0.1) is 0 Å². The molecule has 7 heteroatoms. The molecule has 1 aliphatic rings. The van der Waals surface area contributed by atoms with Gasteiger partial charge in [0.2, 0.25) is 5.82 Å². The molecule has 0 aliphatic carbocycles. The van der Waals surface area contributed by atoms with Gasteiger partial charge in [0.25, 0.3) is 0 Å². The summed E-state index contributed by atoms with van der Waals surface area (Å²) in [5, 5.41) is 19.2. The van der Waals surface area contributed by atoms with E-state index in [1.807, 2.05) is 13.8 Å². The van der Waals surface area contributed by atoms with Crippen LogP contribution in [0, 0.1) is 16.0 Å². The quantitative estimate of drug-likeness (QED) is 0.680. The summed E-state index contributed by atoms with van der Waals surface area (Å²) in [6, 6.07) is 0.246. The van der Waals surface area contributed by atoms with E-state index in [9.17, 15) is 10.1 Å². The minimum atomic E-state index is -0.315. The highest BCUT2D eigenvalue weighted by Crippen LogP contribution is 2.34. The van der Waals surface area contributed by atoms with Crippen LogP contribution < -0.4 is 5.32 Å². The molecule has 1 N–H and O–H groups in total. The van der Waals surface area contributed by atoms with Crippen LogP contribution in [-0.2, 0) is 7.05 Å². The van der Waals surface area contributed by atoms with Crippen LogP contribution in [-0.4, -0.2) is 45.8 Å². The number of hydrogen-bond acceptors (Lipinski definition) is 5. The fraction of sp³-hybridized carbons (Fsp3) is 0.786. The van der Waals surface area contributed by atoms with Crippen molar-refractivity contribution >= 4 is 11.5 Å². The van der Waals surface area contributed by atoms with E-state index >= 15 is 0 Å². The van der Waals surface area contributed by atoms with Crippen LogP contribution in [0.5, 0.6) is 0 Å². The number of nitrogens with zero attached hydrogens (tertiary/aromatic N) is 4. The minimum absolute atomic E-state index is 0.0297. The van der Waals surface area contributed by atoms with Crippen molar-refractivity contribution in [1.29, 1.82) is 0 Å². The number of piperidine rings is 1. The molecule has 1 fully saturated rings. The molecule has 2 atom stereocenters. The van der Waals surface area contributed by atoms with Crippen molar-refractivity contribution in [3.8, 4) is 0 Å². The van der Waals surface area contributed by atoms with E-state index in [4.69, 9.17) is 0 Å². The number of rotatable bonds is 4. The lowest BCUT2D eigenvalue weighted by molar-refractivity contribution is -0.384. The first-order chi connectivity index (χ1) is 9.81. The summed E-state index contributed by atoms with van der Waals surface area (Å²) < 4.78 is 1.61. The van der Waals surface area contributed by atoms with Crippen LogP contribution in [0.4, 0.5) is 11.5 Å². The van der Waals surface area contributed by atoms with Gasteiger partial charge in [-0.2, -0.15) is 5.10 Å². The number of aryl methyl sites for hydroxylation is 1. The highest BCUT2D eigenvalue weighted by atomic mass is 16.6. The lowest BCUT2D eigenvalue weighted by atomic mass is 9.94.